The van der Waals surface area contributed by atoms with E-state index in [0.717, 1.165) is 54.4 Å². The average molecular weight is 382 g/mol. The topological polar surface area (TPSA) is 60.4 Å². The van der Waals surface area contributed by atoms with Gasteiger partial charge in [0, 0.05) is 31.1 Å². The molecule has 3 heterocycles. The second-order valence-electron chi connectivity index (χ2n) is 7.25. The Hall–Kier alpha value is -2.41. The second-order valence-corrected chi connectivity index (χ2v) is 8.26. The molecule has 1 aromatic carbocycles. The van der Waals surface area contributed by atoms with Gasteiger partial charge < -0.3 is 14.4 Å². The summed E-state index contributed by atoms with van der Waals surface area (Å²) >= 11 is 1.74. The van der Waals surface area contributed by atoms with E-state index in [9.17, 15) is 0 Å². The lowest BCUT2D eigenvalue weighted by molar-refractivity contribution is 0.249. The molecule has 1 aliphatic heterocycles. The minimum atomic E-state index is 0.488. The molecule has 2 aromatic heterocycles. The van der Waals surface area contributed by atoms with Crippen LogP contribution in [0, 0.1) is 5.92 Å². The highest BCUT2D eigenvalue weighted by Gasteiger charge is 2.26. The fraction of sp³-hybridized carbons (Fsp3) is 0.450. The van der Waals surface area contributed by atoms with Crippen LogP contribution in [0.25, 0.3) is 10.2 Å². The van der Waals surface area contributed by atoms with Crippen molar-refractivity contribution in [2.75, 3.05) is 31.7 Å². The van der Waals surface area contributed by atoms with Gasteiger partial charge in [0.15, 0.2) is 5.13 Å². The van der Waals surface area contributed by atoms with Crippen LogP contribution in [0.15, 0.2) is 24.3 Å². The van der Waals surface area contributed by atoms with Gasteiger partial charge in [0.05, 0.1) is 29.6 Å². The van der Waals surface area contributed by atoms with E-state index in [4.69, 9.17) is 14.5 Å². The highest BCUT2D eigenvalue weighted by molar-refractivity contribution is 7.22. The Morgan fingerprint density at radius 2 is 2.19 bits per heavy atom. The van der Waals surface area contributed by atoms with Crippen molar-refractivity contribution in [2.45, 2.75) is 25.7 Å². The molecule has 3 aromatic rings. The van der Waals surface area contributed by atoms with Gasteiger partial charge in [-0.05, 0) is 43.4 Å². The summed E-state index contributed by atoms with van der Waals surface area (Å²) in [4.78, 5) is 7.16. The highest BCUT2D eigenvalue weighted by atomic mass is 32.1. The van der Waals surface area contributed by atoms with Crippen molar-refractivity contribution in [3.05, 3.63) is 35.5 Å². The van der Waals surface area contributed by atoms with E-state index in [1.54, 1.807) is 18.4 Å². The van der Waals surface area contributed by atoms with Gasteiger partial charge in [-0.15, -0.1) is 5.10 Å². The van der Waals surface area contributed by atoms with Crippen LogP contribution in [0.4, 0.5) is 5.13 Å². The molecule has 0 radical (unpaired) electrons. The van der Waals surface area contributed by atoms with E-state index in [0.29, 0.717) is 18.4 Å². The third-order valence-corrected chi connectivity index (χ3v) is 6.50. The molecule has 1 aliphatic carbocycles. The molecule has 27 heavy (non-hydrogen) atoms. The molecule has 6 nitrogen and oxygen atoms in total. The van der Waals surface area contributed by atoms with Crippen molar-refractivity contribution in [1.29, 1.82) is 0 Å². The monoisotopic (exact) mass is 382 g/mol. The molecule has 1 saturated heterocycles. The number of hydrogen-bond donors (Lipinski definition) is 0. The summed E-state index contributed by atoms with van der Waals surface area (Å²) in [6.45, 7) is 2.67. The van der Waals surface area contributed by atoms with Crippen LogP contribution in [0.1, 0.15) is 24.1 Å². The second kappa shape index (κ2) is 6.96. The van der Waals surface area contributed by atoms with Crippen LogP contribution < -0.4 is 14.4 Å². The molecule has 1 unspecified atom stereocenters. The summed E-state index contributed by atoms with van der Waals surface area (Å²) in [5.41, 5.74) is 3.45. The molecule has 140 valence electrons. The Labute approximate surface area is 162 Å². The molecule has 0 saturated carbocycles. The first kappa shape index (κ1) is 16.7. The van der Waals surface area contributed by atoms with E-state index < -0.39 is 0 Å². The predicted octanol–water partition coefficient (Wildman–Crippen LogP) is 3.49. The van der Waals surface area contributed by atoms with Gasteiger partial charge in [-0.3, -0.25) is 0 Å². The zero-order chi connectivity index (χ0) is 18.2. The van der Waals surface area contributed by atoms with Crippen LogP contribution in [0.2, 0.25) is 0 Å². The van der Waals surface area contributed by atoms with Crippen molar-refractivity contribution in [1.82, 2.24) is 15.2 Å². The standard InChI is InChI=1S/C20H22N4O2S/c1-25-15-5-6-18-17(10-15)21-20(27-18)24-8-7-13(11-24)12-26-19-9-14-3-2-4-16(14)22-23-19/h5-6,9-10,13H,2-4,7-8,11-12H2,1H3. The van der Waals surface area contributed by atoms with E-state index >= 15 is 0 Å². The molecular weight excluding hydrogens is 360 g/mol. The minimum Gasteiger partial charge on any atom is -0.497 e. The quantitative estimate of drug-likeness (QED) is 0.673. The largest absolute Gasteiger partial charge is 0.497 e. The normalized spacial score (nSPS) is 18.9. The van der Waals surface area contributed by atoms with Crippen molar-refractivity contribution in [3.63, 3.8) is 0 Å². The molecule has 5 rings (SSSR count). The number of rotatable bonds is 5. The van der Waals surface area contributed by atoms with Crippen LogP contribution in [0.3, 0.4) is 0 Å². The number of aryl methyl sites for hydroxylation is 2. The zero-order valence-corrected chi connectivity index (χ0v) is 16.2. The third kappa shape index (κ3) is 3.32. The summed E-state index contributed by atoms with van der Waals surface area (Å²) < 4.78 is 12.4. The van der Waals surface area contributed by atoms with Crippen molar-refractivity contribution in [2.24, 2.45) is 5.92 Å². The van der Waals surface area contributed by atoms with Gasteiger partial charge in [0.1, 0.15) is 5.75 Å². The smallest absolute Gasteiger partial charge is 0.233 e. The lowest BCUT2D eigenvalue weighted by Crippen LogP contribution is -2.21. The average Bonchev–Trinajstić information content (AvgIpc) is 3.43. The lowest BCUT2D eigenvalue weighted by atomic mass is 10.1. The molecule has 1 atom stereocenters. The molecule has 2 aliphatic rings. The summed E-state index contributed by atoms with van der Waals surface area (Å²) in [5, 5.41) is 9.61. The maximum atomic E-state index is 5.95. The minimum absolute atomic E-state index is 0.488. The molecule has 0 N–H and O–H groups in total. The van der Waals surface area contributed by atoms with E-state index in [-0.39, 0.29) is 0 Å². The first-order valence-electron chi connectivity index (χ1n) is 9.46. The maximum Gasteiger partial charge on any atom is 0.233 e. The molecule has 7 heteroatoms. The molecular formula is C20H22N4O2S. The maximum absolute atomic E-state index is 5.95. The van der Waals surface area contributed by atoms with Gasteiger partial charge in [-0.1, -0.05) is 11.3 Å². The predicted molar refractivity (Wildman–Crippen MR) is 106 cm³/mol. The van der Waals surface area contributed by atoms with Crippen LogP contribution in [-0.4, -0.2) is 42.0 Å². The first-order valence-corrected chi connectivity index (χ1v) is 10.3. The van der Waals surface area contributed by atoms with Crippen molar-refractivity contribution < 1.29 is 9.47 Å². The zero-order valence-electron chi connectivity index (χ0n) is 15.4. The van der Waals surface area contributed by atoms with Gasteiger partial charge in [0.25, 0.3) is 0 Å². The first-order chi connectivity index (χ1) is 13.3. The Morgan fingerprint density at radius 1 is 1.22 bits per heavy atom. The number of methoxy groups -OCH3 is 1. The van der Waals surface area contributed by atoms with E-state index in [1.807, 2.05) is 12.1 Å². The van der Waals surface area contributed by atoms with Gasteiger partial charge in [-0.25, -0.2) is 4.98 Å². The SMILES string of the molecule is COc1ccc2sc(N3CCC(COc4cc5c(nn4)CCC5)C3)nc2c1. The number of thiazole rings is 1. The molecule has 0 bridgehead atoms. The Morgan fingerprint density at radius 3 is 3.11 bits per heavy atom. The Balaban J connectivity index is 1.22. The number of benzene rings is 1. The molecule has 0 amide bonds. The summed E-state index contributed by atoms with van der Waals surface area (Å²) in [6.07, 6.45) is 4.44. The number of anilines is 1. The number of fused-ring (bicyclic) bond motifs is 2. The highest BCUT2D eigenvalue weighted by Crippen LogP contribution is 2.34. The summed E-state index contributed by atoms with van der Waals surface area (Å²) in [7, 11) is 1.69. The number of nitrogens with zero attached hydrogens (tertiary/aromatic N) is 4. The fourth-order valence-electron chi connectivity index (χ4n) is 3.88. The van der Waals surface area contributed by atoms with Crippen LogP contribution in [-0.2, 0) is 12.8 Å². The van der Waals surface area contributed by atoms with Gasteiger partial charge >= 0.3 is 0 Å². The van der Waals surface area contributed by atoms with Crippen LogP contribution >= 0.6 is 11.3 Å². The number of hydrogen-bond acceptors (Lipinski definition) is 7. The van der Waals surface area contributed by atoms with Crippen molar-refractivity contribution >= 4 is 26.7 Å². The third-order valence-electron chi connectivity index (χ3n) is 5.40. The van der Waals surface area contributed by atoms with Gasteiger partial charge in [0.2, 0.25) is 5.88 Å². The Bertz CT molecular complexity index is 974. The summed E-state index contributed by atoms with van der Waals surface area (Å²) in [5.74, 6) is 2.00. The number of ether oxygens (including phenoxy) is 2. The lowest BCUT2D eigenvalue weighted by Gasteiger charge is -2.15. The molecule has 0 spiro atoms. The summed E-state index contributed by atoms with van der Waals surface area (Å²) in [6, 6.07) is 8.14. The van der Waals surface area contributed by atoms with Gasteiger partial charge in [-0.2, -0.15) is 5.10 Å². The van der Waals surface area contributed by atoms with Crippen LogP contribution in [0.5, 0.6) is 11.6 Å². The van der Waals surface area contributed by atoms with Crippen molar-refractivity contribution in [3.8, 4) is 11.6 Å². The van der Waals surface area contributed by atoms with E-state index in [1.165, 1.54) is 16.7 Å². The Kier molecular flexibility index (Phi) is 4.32. The number of aromatic nitrogens is 3. The fourth-order valence-corrected chi connectivity index (χ4v) is 4.86. The molecule has 1 fully saturated rings. The van der Waals surface area contributed by atoms with E-state index in [2.05, 4.69) is 27.2 Å².